The van der Waals surface area contributed by atoms with Gasteiger partial charge in [0, 0.05) is 19.6 Å². The second-order valence-electron chi connectivity index (χ2n) is 5.39. The summed E-state index contributed by atoms with van der Waals surface area (Å²) < 4.78 is 11.9. The fraction of sp³-hybridized carbons (Fsp3) is 0.667. The summed E-state index contributed by atoms with van der Waals surface area (Å²) in [4.78, 5) is 0. The van der Waals surface area contributed by atoms with E-state index in [0.29, 0.717) is 0 Å². The molecule has 0 saturated carbocycles. The Bertz CT molecular complexity index is 323. The third-order valence-electron chi connectivity index (χ3n) is 3.43. The smallest absolute Gasteiger partial charge is 0.0849 e. The maximum Gasteiger partial charge on any atom is 0.0849 e. The van der Waals surface area contributed by atoms with Gasteiger partial charge in [-0.05, 0) is 25.3 Å². The van der Waals surface area contributed by atoms with Crippen LogP contribution in [0.5, 0.6) is 0 Å². The molecule has 1 aromatic carbocycles. The summed E-state index contributed by atoms with van der Waals surface area (Å²) in [6.07, 6.45) is 5.93. The zero-order valence-electron chi connectivity index (χ0n) is 13.3. The second kappa shape index (κ2) is 10.9. The van der Waals surface area contributed by atoms with Crippen molar-refractivity contribution in [2.75, 3.05) is 13.2 Å². The molecule has 0 aliphatic carbocycles. The Morgan fingerprint density at radius 3 is 2.10 bits per heavy atom. The van der Waals surface area contributed by atoms with E-state index >= 15 is 0 Å². The van der Waals surface area contributed by atoms with Gasteiger partial charge in [-0.15, -0.1) is 0 Å². The first-order valence-electron chi connectivity index (χ1n) is 8.06. The van der Waals surface area contributed by atoms with Crippen molar-refractivity contribution in [2.45, 2.75) is 65.1 Å². The molecule has 0 heterocycles. The van der Waals surface area contributed by atoms with Crippen LogP contribution >= 0.6 is 0 Å². The van der Waals surface area contributed by atoms with Crippen LogP contribution in [0.15, 0.2) is 30.3 Å². The van der Waals surface area contributed by atoms with E-state index in [2.05, 4.69) is 45.0 Å². The van der Waals surface area contributed by atoms with Crippen LogP contribution in [-0.2, 0) is 9.47 Å². The molecule has 0 radical (unpaired) electrons. The van der Waals surface area contributed by atoms with Crippen LogP contribution in [0.3, 0.4) is 0 Å². The highest BCUT2D eigenvalue weighted by Crippen LogP contribution is 2.24. The van der Waals surface area contributed by atoms with Crippen LogP contribution in [0.2, 0.25) is 0 Å². The van der Waals surface area contributed by atoms with E-state index in [1.807, 2.05) is 6.07 Å². The maximum atomic E-state index is 6.07. The summed E-state index contributed by atoms with van der Waals surface area (Å²) in [7, 11) is 0. The molecule has 114 valence electrons. The fourth-order valence-electron chi connectivity index (χ4n) is 2.14. The van der Waals surface area contributed by atoms with Crippen LogP contribution in [0.1, 0.15) is 64.5 Å². The Morgan fingerprint density at radius 1 is 0.900 bits per heavy atom. The van der Waals surface area contributed by atoms with Crippen LogP contribution in [0.25, 0.3) is 0 Å². The normalized spacial score (nSPS) is 14.2. The molecule has 0 fully saturated rings. The standard InChI is InChI=1S/C18H30O2/c1-4-6-13-19-16(3)15-18(20-14-7-5-2)17-11-9-8-10-12-17/h8-12,16,18H,4-7,13-15H2,1-3H3. The molecule has 0 aromatic heterocycles. The molecule has 2 nitrogen and oxygen atoms in total. The van der Waals surface area contributed by atoms with Gasteiger partial charge in [-0.2, -0.15) is 0 Å². The average molecular weight is 278 g/mol. The van der Waals surface area contributed by atoms with Crippen molar-refractivity contribution < 1.29 is 9.47 Å². The van der Waals surface area contributed by atoms with Gasteiger partial charge in [-0.3, -0.25) is 0 Å². The molecule has 0 bridgehead atoms. The summed E-state index contributed by atoms with van der Waals surface area (Å²) in [5.74, 6) is 0. The lowest BCUT2D eigenvalue weighted by molar-refractivity contribution is -0.0131. The zero-order valence-corrected chi connectivity index (χ0v) is 13.3. The first-order valence-corrected chi connectivity index (χ1v) is 8.06. The van der Waals surface area contributed by atoms with E-state index in [1.54, 1.807) is 0 Å². The number of ether oxygens (including phenoxy) is 2. The molecule has 1 aromatic rings. The molecule has 2 unspecified atom stereocenters. The minimum atomic E-state index is 0.152. The third-order valence-corrected chi connectivity index (χ3v) is 3.43. The lowest BCUT2D eigenvalue weighted by atomic mass is 10.0. The lowest BCUT2D eigenvalue weighted by Crippen LogP contribution is -2.16. The van der Waals surface area contributed by atoms with Crippen molar-refractivity contribution in [1.82, 2.24) is 0 Å². The summed E-state index contributed by atoms with van der Waals surface area (Å²) in [6.45, 7) is 8.21. The van der Waals surface area contributed by atoms with Crippen molar-refractivity contribution in [3.63, 3.8) is 0 Å². The Balaban J connectivity index is 2.49. The summed E-state index contributed by atoms with van der Waals surface area (Å²) >= 11 is 0. The van der Waals surface area contributed by atoms with Gasteiger partial charge >= 0.3 is 0 Å². The monoisotopic (exact) mass is 278 g/mol. The van der Waals surface area contributed by atoms with Crippen molar-refractivity contribution in [3.8, 4) is 0 Å². The van der Waals surface area contributed by atoms with Gasteiger partial charge in [0.1, 0.15) is 0 Å². The van der Waals surface area contributed by atoms with E-state index in [-0.39, 0.29) is 12.2 Å². The third kappa shape index (κ3) is 7.06. The van der Waals surface area contributed by atoms with Gasteiger partial charge in [-0.1, -0.05) is 57.0 Å². The predicted octanol–water partition coefficient (Wildman–Crippen LogP) is 5.14. The van der Waals surface area contributed by atoms with E-state index < -0.39 is 0 Å². The molecule has 0 N–H and O–H groups in total. The molecule has 0 aliphatic rings. The molecular weight excluding hydrogens is 248 g/mol. The molecule has 2 heteroatoms. The minimum Gasteiger partial charge on any atom is -0.378 e. The number of hydrogen-bond acceptors (Lipinski definition) is 2. The largest absolute Gasteiger partial charge is 0.378 e. The molecule has 0 aliphatic heterocycles. The molecule has 20 heavy (non-hydrogen) atoms. The Morgan fingerprint density at radius 2 is 1.50 bits per heavy atom. The lowest BCUT2D eigenvalue weighted by Gasteiger charge is -2.22. The van der Waals surface area contributed by atoms with Gasteiger partial charge in [0.2, 0.25) is 0 Å². The number of benzene rings is 1. The van der Waals surface area contributed by atoms with Crippen molar-refractivity contribution in [1.29, 1.82) is 0 Å². The van der Waals surface area contributed by atoms with Gasteiger partial charge in [0.25, 0.3) is 0 Å². The second-order valence-corrected chi connectivity index (χ2v) is 5.39. The molecular formula is C18H30O2. The van der Waals surface area contributed by atoms with Gasteiger partial charge in [0.15, 0.2) is 0 Å². The number of rotatable bonds is 11. The van der Waals surface area contributed by atoms with Crippen molar-refractivity contribution >= 4 is 0 Å². The van der Waals surface area contributed by atoms with Crippen LogP contribution in [0.4, 0.5) is 0 Å². The SMILES string of the molecule is CCCCOC(C)CC(OCCCC)c1ccccc1. The average Bonchev–Trinajstić information content (AvgIpc) is 2.47. The highest BCUT2D eigenvalue weighted by Gasteiger charge is 2.16. The maximum absolute atomic E-state index is 6.07. The Labute approximate surface area is 124 Å². The van der Waals surface area contributed by atoms with Crippen LogP contribution < -0.4 is 0 Å². The van der Waals surface area contributed by atoms with Crippen LogP contribution in [-0.4, -0.2) is 19.3 Å². The van der Waals surface area contributed by atoms with E-state index in [0.717, 1.165) is 32.5 Å². The molecule has 1 rings (SSSR count). The minimum absolute atomic E-state index is 0.152. The van der Waals surface area contributed by atoms with Crippen molar-refractivity contribution in [2.24, 2.45) is 0 Å². The van der Waals surface area contributed by atoms with Crippen LogP contribution in [0, 0.1) is 0 Å². The molecule has 0 amide bonds. The quantitative estimate of drug-likeness (QED) is 0.522. The fourth-order valence-corrected chi connectivity index (χ4v) is 2.14. The topological polar surface area (TPSA) is 18.5 Å². The van der Waals surface area contributed by atoms with E-state index in [4.69, 9.17) is 9.47 Å². The molecule has 0 saturated heterocycles. The van der Waals surface area contributed by atoms with E-state index in [1.165, 1.54) is 18.4 Å². The highest BCUT2D eigenvalue weighted by atomic mass is 16.5. The first kappa shape index (κ1) is 17.2. The number of unbranched alkanes of at least 4 members (excludes halogenated alkanes) is 2. The van der Waals surface area contributed by atoms with E-state index in [9.17, 15) is 0 Å². The molecule has 2 atom stereocenters. The van der Waals surface area contributed by atoms with Gasteiger partial charge < -0.3 is 9.47 Å². The summed E-state index contributed by atoms with van der Waals surface area (Å²) in [5.41, 5.74) is 1.26. The first-order chi connectivity index (χ1) is 9.77. The highest BCUT2D eigenvalue weighted by molar-refractivity contribution is 5.17. The predicted molar refractivity (Wildman–Crippen MR) is 85.0 cm³/mol. The molecule has 0 spiro atoms. The number of hydrogen-bond donors (Lipinski definition) is 0. The zero-order chi connectivity index (χ0) is 14.6. The van der Waals surface area contributed by atoms with Crippen molar-refractivity contribution in [3.05, 3.63) is 35.9 Å². The Hall–Kier alpha value is -0.860. The van der Waals surface area contributed by atoms with Gasteiger partial charge in [-0.25, -0.2) is 0 Å². The summed E-state index contributed by atoms with van der Waals surface area (Å²) in [5, 5.41) is 0. The Kier molecular flexibility index (Phi) is 9.35. The van der Waals surface area contributed by atoms with Gasteiger partial charge in [0.05, 0.1) is 12.2 Å². The summed E-state index contributed by atoms with van der Waals surface area (Å²) in [6, 6.07) is 10.5.